The molecule has 47 heavy (non-hydrogen) atoms. The number of aromatic nitrogens is 2. The molecule has 0 atom stereocenters. The molecule has 0 unspecified atom stereocenters. The number of nitrogen functional groups attached to an aromatic ring is 1. The van der Waals surface area contributed by atoms with E-state index in [4.69, 9.17) is 55.0 Å². The third kappa shape index (κ3) is 15.7. The molecule has 0 aliphatic heterocycles. The van der Waals surface area contributed by atoms with Crippen LogP contribution < -0.4 is 36.4 Å². The number of halogens is 3. The van der Waals surface area contributed by atoms with Gasteiger partial charge in [-0.05, 0) is 82.4 Å². The number of hydrogen-bond acceptors (Lipinski definition) is 11. The average molecular weight is 759 g/mol. The molecular weight excluding hydrogens is 719 g/mol. The van der Waals surface area contributed by atoms with Gasteiger partial charge in [0, 0.05) is 6.20 Å². The van der Waals surface area contributed by atoms with Gasteiger partial charge in [-0.25, -0.2) is 4.98 Å². The predicted molar refractivity (Wildman–Crippen MR) is 183 cm³/mol. The maximum absolute atomic E-state index is 10.9. The van der Waals surface area contributed by atoms with Crippen LogP contribution in [0.2, 0.25) is 0 Å². The van der Waals surface area contributed by atoms with E-state index in [1.54, 1.807) is 37.6 Å². The molecule has 17 heteroatoms. The maximum atomic E-state index is 10.9. The summed E-state index contributed by atoms with van der Waals surface area (Å²) in [6.07, 6.45) is 7.06. The zero-order valence-electron chi connectivity index (χ0n) is 26.3. The third-order valence-corrected chi connectivity index (χ3v) is 5.70. The Morgan fingerprint density at radius 2 is 1.17 bits per heavy atom. The number of nitrogens with zero attached hydrogens (tertiary/aromatic N) is 3. The van der Waals surface area contributed by atoms with Gasteiger partial charge in [-0.1, -0.05) is 38.8 Å². The molecule has 0 amide bonds. The number of nitro groups is 1. The van der Waals surface area contributed by atoms with Crippen LogP contribution in [0.25, 0.3) is 0 Å². The van der Waals surface area contributed by atoms with Crippen LogP contribution in [-0.4, -0.2) is 34.6 Å². The number of pyridine rings is 2. The van der Waals surface area contributed by atoms with Gasteiger partial charge in [0.1, 0.15) is 6.20 Å². The molecule has 0 saturated heterocycles. The van der Waals surface area contributed by atoms with Gasteiger partial charge in [0.25, 0.3) is 0 Å². The molecule has 0 aliphatic carbocycles. The molecule has 13 nitrogen and oxygen atoms in total. The van der Waals surface area contributed by atoms with E-state index in [2.05, 4.69) is 35.5 Å². The summed E-state index contributed by atoms with van der Waals surface area (Å²) < 4.78 is 22.0. The van der Waals surface area contributed by atoms with Crippen LogP contribution in [0.3, 0.4) is 0 Å². The molecule has 0 spiro atoms. The number of anilines is 1. The molecule has 0 fully saturated rings. The molecule has 2 aromatic heterocycles. The fourth-order valence-electron chi connectivity index (χ4n) is 3.81. The zero-order chi connectivity index (χ0) is 34.5. The second-order valence-electron chi connectivity index (χ2n) is 8.80. The zero-order valence-corrected chi connectivity index (χ0v) is 29.6. The summed E-state index contributed by atoms with van der Waals surface area (Å²) in [6.45, 7) is 4.24. The number of methoxy groups -OCH3 is 2. The second kappa shape index (κ2) is 24.6. The van der Waals surface area contributed by atoms with Crippen molar-refractivity contribution in [1.82, 2.24) is 9.97 Å². The summed E-state index contributed by atoms with van der Waals surface area (Å²) in [5.74, 6) is 11.0. The molecule has 0 saturated carbocycles. The minimum atomic E-state index is -1.33. The topological polar surface area (TPSA) is 215 Å². The summed E-state index contributed by atoms with van der Waals surface area (Å²) in [4.78, 5) is 18.1. The number of hydrazine groups is 1. The van der Waals surface area contributed by atoms with Crippen molar-refractivity contribution in [2.45, 2.75) is 39.5 Å². The van der Waals surface area contributed by atoms with Crippen molar-refractivity contribution in [2.75, 3.05) is 20.0 Å². The number of benzene rings is 2. The number of aryl methyl sites for hydroxylation is 2. The Morgan fingerprint density at radius 3 is 1.57 bits per heavy atom. The van der Waals surface area contributed by atoms with E-state index in [0.717, 1.165) is 31.2 Å². The number of hydrogen-bond donors (Lipinski definition) is 3. The van der Waals surface area contributed by atoms with Crippen LogP contribution in [0, 0.1) is 10.1 Å². The normalized spacial score (nSPS) is 9.77. The third-order valence-electron chi connectivity index (χ3n) is 5.70. The fourth-order valence-corrected chi connectivity index (χ4v) is 3.81. The Bertz CT molecular complexity index is 1490. The average Bonchev–Trinajstić information content (AvgIpc) is 3.05. The van der Waals surface area contributed by atoms with Crippen molar-refractivity contribution in [2.24, 2.45) is 11.7 Å². The number of nitrogens with two attached hydrogens (primary N) is 3. The van der Waals surface area contributed by atoms with Crippen molar-refractivity contribution < 1.29 is 40.5 Å². The Labute approximate surface area is 291 Å². The van der Waals surface area contributed by atoms with Gasteiger partial charge in [0.05, 0.1) is 14.2 Å². The van der Waals surface area contributed by atoms with Crippen LogP contribution in [-0.2, 0) is 24.0 Å². The summed E-state index contributed by atoms with van der Waals surface area (Å²) in [7, 11) is 17.8. The molecule has 0 radical (unpaired) electrons. The minimum absolute atomic E-state index is 0. The molecular formula is C30H40Cl3FeN6O7. The second-order valence-corrected chi connectivity index (χ2v) is 14.3. The van der Waals surface area contributed by atoms with Crippen molar-refractivity contribution >= 4 is 41.9 Å². The molecule has 8 N–H and O–H groups in total. The fraction of sp³-hybridized carbons (Fsp3) is 0.267. The van der Waals surface area contributed by atoms with Crippen LogP contribution in [0.4, 0.5) is 11.6 Å². The first-order chi connectivity index (χ1) is 22.1. The standard InChI is InChI=1S/C15H16N2O4.C15H18N2O2.3ClH.Fe.H4N2.H2O/c1-3-5-11-7-8-12(14(10-11)20-2)21-13-6-4-9-16-15(13)17(18)19;1-3-5-11-7-8-12(14(10-11)18-2)19-13-6-4-9-17-15(13)16;;;;;1-2;/h4,6-10H,3,5H2,1-2H3;4,6-10H,3,5H2,1-2H3,(H2,16,17);3*1H;;1-2H2;1H2/q;;;;;+3;;/p-3. The summed E-state index contributed by atoms with van der Waals surface area (Å²) >= 11 is -1.33. The number of rotatable bonds is 11. The van der Waals surface area contributed by atoms with Gasteiger partial charge in [0.2, 0.25) is 5.75 Å². The first-order valence-electron chi connectivity index (χ1n) is 13.6. The van der Waals surface area contributed by atoms with Crippen LogP contribution >= 0.6 is 30.3 Å². The van der Waals surface area contributed by atoms with E-state index in [9.17, 15) is 10.1 Å². The van der Waals surface area contributed by atoms with E-state index in [-0.39, 0.29) is 17.0 Å². The van der Waals surface area contributed by atoms with Crippen molar-refractivity contribution in [3.63, 3.8) is 0 Å². The molecule has 2 heterocycles. The molecule has 261 valence electrons. The first kappa shape index (κ1) is 43.4. The quantitative estimate of drug-likeness (QED) is 0.0600. The van der Waals surface area contributed by atoms with Crippen molar-refractivity contribution in [3.05, 3.63) is 94.3 Å². The van der Waals surface area contributed by atoms with Crippen molar-refractivity contribution in [1.29, 1.82) is 0 Å². The van der Waals surface area contributed by atoms with Crippen molar-refractivity contribution in [3.8, 4) is 34.5 Å². The predicted octanol–water partition coefficient (Wildman–Crippen LogP) is 7.22. The van der Waals surface area contributed by atoms with Gasteiger partial charge in [0.15, 0.2) is 34.6 Å². The summed E-state index contributed by atoms with van der Waals surface area (Å²) in [6, 6.07) is 18.1. The number of ether oxygens (including phenoxy) is 4. The Hall–Kier alpha value is -3.59. The van der Waals surface area contributed by atoms with Gasteiger partial charge < -0.3 is 40.3 Å². The van der Waals surface area contributed by atoms with Gasteiger partial charge in [-0.15, -0.1) is 0 Å². The molecule has 0 bridgehead atoms. The van der Waals surface area contributed by atoms with E-state index in [1.165, 1.54) is 24.9 Å². The monoisotopic (exact) mass is 757 g/mol. The molecule has 2 aromatic carbocycles. The van der Waals surface area contributed by atoms with Gasteiger partial charge >= 0.3 is 47.3 Å². The van der Waals surface area contributed by atoms with Crippen LogP contribution in [0.15, 0.2) is 73.1 Å². The van der Waals surface area contributed by atoms with E-state index >= 15 is 0 Å². The SMILES string of the molecule is CCCc1ccc(Oc2cccnc2N)c(OC)c1.CCCc1ccc(Oc2cccnc2[N+](=O)[O-])c(OC)c1.NN.O.[Cl][Fe]([Cl])[Cl]. The first-order valence-corrected chi connectivity index (χ1v) is 18.2. The molecule has 0 aliphatic rings. The van der Waals surface area contributed by atoms with E-state index in [1.807, 2.05) is 30.3 Å². The Kier molecular flexibility index (Phi) is 22.7. The molecule has 4 aromatic rings. The van der Waals surface area contributed by atoms with Gasteiger partial charge in [-0.3, -0.25) is 11.7 Å². The van der Waals surface area contributed by atoms with Gasteiger partial charge in [-0.2, -0.15) is 0 Å². The summed E-state index contributed by atoms with van der Waals surface area (Å²) in [5, 5.41) is 10.9. The van der Waals surface area contributed by atoms with Crippen LogP contribution in [0.1, 0.15) is 37.8 Å². The molecule has 4 rings (SSSR count). The summed E-state index contributed by atoms with van der Waals surface area (Å²) in [5.41, 5.74) is 8.12. The van der Waals surface area contributed by atoms with Crippen LogP contribution in [0.5, 0.6) is 34.5 Å². The Balaban J connectivity index is 0.000000760. The van der Waals surface area contributed by atoms with E-state index in [0.29, 0.717) is 34.6 Å². The Morgan fingerprint density at radius 1 is 0.745 bits per heavy atom. The van der Waals surface area contributed by atoms with E-state index < -0.39 is 16.1 Å².